The van der Waals surface area contributed by atoms with Crippen LogP contribution in [0.1, 0.15) is 39.2 Å². The van der Waals surface area contributed by atoms with Crippen molar-refractivity contribution in [1.82, 2.24) is 0 Å². The molecular formula is C19H27BN2O2S2. The topological polar surface area (TPSA) is 49.4 Å². The summed E-state index contributed by atoms with van der Waals surface area (Å²) in [6.45, 7) is 13.7. The zero-order chi connectivity index (χ0) is 19.5. The van der Waals surface area contributed by atoms with Crippen molar-refractivity contribution in [2.24, 2.45) is 5.41 Å². The number of para-hydroxylation sites is 1. The van der Waals surface area contributed by atoms with Crippen molar-refractivity contribution >= 4 is 41.0 Å². The third-order valence-corrected chi connectivity index (χ3v) is 7.51. The summed E-state index contributed by atoms with van der Waals surface area (Å²) in [5.74, 6) is 0. The Morgan fingerprint density at radius 2 is 1.96 bits per heavy atom. The van der Waals surface area contributed by atoms with E-state index in [1.54, 1.807) is 6.92 Å². The van der Waals surface area contributed by atoms with Crippen LogP contribution in [0.15, 0.2) is 39.9 Å². The zero-order valence-corrected chi connectivity index (χ0v) is 17.6. The molecule has 1 aromatic carbocycles. The molecule has 1 N–H and O–H groups in total. The molecule has 0 unspecified atom stereocenters. The number of hydrogen-bond acceptors (Lipinski definition) is 4. The molecule has 0 amide bonds. The molecule has 1 aliphatic heterocycles. The highest BCUT2D eigenvalue weighted by Crippen LogP contribution is 2.38. The van der Waals surface area contributed by atoms with Crippen molar-refractivity contribution in [3.8, 4) is 0 Å². The number of anilines is 2. The average molecular weight is 390 g/mol. The summed E-state index contributed by atoms with van der Waals surface area (Å²) in [4.78, 5) is 2.52. The molecule has 1 fully saturated rings. The smallest absolute Gasteiger partial charge is 0.267 e. The fourth-order valence-electron chi connectivity index (χ4n) is 3.09. The van der Waals surface area contributed by atoms with Crippen molar-refractivity contribution in [1.29, 1.82) is 0 Å². The highest BCUT2D eigenvalue weighted by Gasteiger charge is 2.28. The number of sulfonamides is 1. The number of allylic oxidation sites excluding steroid dienone is 1. The predicted molar refractivity (Wildman–Crippen MR) is 115 cm³/mol. The van der Waals surface area contributed by atoms with Crippen molar-refractivity contribution in [2.45, 2.75) is 40.5 Å². The second-order valence-corrected chi connectivity index (χ2v) is 10.5. The lowest BCUT2D eigenvalue weighted by Gasteiger charge is -2.39. The SMILES string of the molecule is [B]C(=C)S/C(=C\C)S(=O)(=O)Nc1cccc(C)c1N1CCC(C)(C)CC1. The number of nitrogens with zero attached hydrogens (tertiary/aromatic N) is 1. The third-order valence-electron chi connectivity index (χ3n) is 4.65. The third kappa shape index (κ3) is 5.10. The summed E-state index contributed by atoms with van der Waals surface area (Å²) < 4.78 is 28.5. The van der Waals surface area contributed by atoms with Crippen LogP contribution in [-0.2, 0) is 10.0 Å². The molecule has 0 aliphatic carbocycles. The average Bonchev–Trinajstić information content (AvgIpc) is 2.53. The van der Waals surface area contributed by atoms with Crippen LogP contribution in [0.4, 0.5) is 11.4 Å². The first-order valence-corrected chi connectivity index (χ1v) is 11.0. The van der Waals surface area contributed by atoms with Gasteiger partial charge in [0.05, 0.1) is 11.4 Å². The summed E-state index contributed by atoms with van der Waals surface area (Å²) in [6, 6.07) is 5.70. The van der Waals surface area contributed by atoms with Gasteiger partial charge in [-0.25, -0.2) is 8.42 Å². The van der Waals surface area contributed by atoms with Gasteiger partial charge in [-0.2, -0.15) is 0 Å². The molecule has 1 heterocycles. The van der Waals surface area contributed by atoms with E-state index in [9.17, 15) is 8.42 Å². The van der Waals surface area contributed by atoms with Gasteiger partial charge in [0.2, 0.25) is 0 Å². The molecule has 26 heavy (non-hydrogen) atoms. The minimum atomic E-state index is -3.71. The Hall–Kier alpha value is -1.34. The molecule has 4 nitrogen and oxygen atoms in total. The molecule has 1 aromatic rings. The maximum absolute atomic E-state index is 12.8. The van der Waals surface area contributed by atoms with Gasteiger partial charge in [0.1, 0.15) is 12.1 Å². The lowest BCUT2D eigenvalue weighted by Crippen LogP contribution is -2.38. The van der Waals surface area contributed by atoms with E-state index >= 15 is 0 Å². The van der Waals surface area contributed by atoms with E-state index < -0.39 is 10.0 Å². The number of nitrogens with one attached hydrogen (secondary N) is 1. The highest BCUT2D eigenvalue weighted by molar-refractivity contribution is 8.21. The second-order valence-electron chi connectivity index (χ2n) is 7.40. The fourth-order valence-corrected chi connectivity index (χ4v) is 5.22. The number of rotatable bonds is 6. The second kappa shape index (κ2) is 8.13. The van der Waals surface area contributed by atoms with E-state index in [1.165, 1.54) is 6.08 Å². The van der Waals surface area contributed by atoms with Crippen LogP contribution < -0.4 is 9.62 Å². The van der Waals surface area contributed by atoms with Crippen LogP contribution in [0.5, 0.6) is 0 Å². The first-order valence-electron chi connectivity index (χ1n) is 8.72. The summed E-state index contributed by atoms with van der Waals surface area (Å²) in [6.07, 6.45) is 3.69. The molecule has 1 saturated heterocycles. The Morgan fingerprint density at radius 1 is 1.35 bits per heavy atom. The molecule has 2 radical (unpaired) electrons. The van der Waals surface area contributed by atoms with Crippen molar-refractivity contribution < 1.29 is 8.42 Å². The first-order chi connectivity index (χ1) is 12.1. The number of piperidine rings is 1. The van der Waals surface area contributed by atoms with Gasteiger partial charge in [-0.3, -0.25) is 4.72 Å². The van der Waals surface area contributed by atoms with Gasteiger partial charge in [0, 0.05) is 13.1 Å². The molecule has 7 heteroatoms. The maximum atomic E-state index is 12.8. The summed E-state index contributed by atoms with van der Waals surface area (Å²) in [5.41, 5.74) is 2.95. The zero-order valence-electron chi connectivity index (χ0n) is 16.0. The summed E-state index contributed by atoms with van der Waals surface area (Å²) >= 11 is 0.951. The van der Waals surface area contributed by atoms with Gasteiger partial charge in [-0.15, -0.1) is 0 Å². The van der Waals surface area contributed by atoms with Crippen LogP contribution in [0.2, 0.25) is 0 Å². The molecule has 1 aliphatic rings. The van der Waals surface area contributed by atoms with E-state index in [0.29, 0.717) is 11.1 Å². The van der Waals surface area contributed by atoms with Crippen molar-refractivity contribution in [3.63, 3.8) is 0 Å². The highest BCUT2D eigenvalue weighted by atomic mass is 32.3. The lowest BCUT2D eigenvalue weighted by molar-refractivity contribution is 0.280. The van der Waals surface area contributed by atoms with Crippen molar-refractivity contribution in [2.75, 3.05) is 22.7 Å². The minimum Gasteiger partial charge on any atom is -0.370 e. The Labute approximate surface area is 163 Å². The van der Waals surface area contributed by atoms with E-state index in [-0.39, 0.29) is 9.04 Å². The van der Waals surface area contributed by atoms with Gasteiger partial charge in [-0.05, 0) is 43.7 Å². The summed E-state index contributed by atoms with van der Waals surface area (Å²) in [5, 5.41) is 0. The van der Waals surface area contributed by atoms with E-state index in [1.807, 2.05) is 25.1 Å². The van der Waals surface area contributed by atoms with Gasteiger partial charge in [0.15, 0.2) is 0 Å². The number of thioether (sulfide) groups is 1. The fraction of sp³-hybridized carbons (Fsp3) is 0.474. The minimum absolute atomic E-state index is 0.150. The van der Waals surface area contributed by atoms with Crippen LogP contribution in [0.25, 0.3) is 0 Å². The van der Waals surface area contributed by atoms with Gasteiger partial charge in [0.25, 0.3) is 10.0 Å². The molecule has 0 spiro atoms. The Morgan fingerprint density at radius 3 is 2.50 bits per heavy atom. The van der Waals surface area contributed by atoms with E-state index in [2.05, 4.69) is 30.0 Å². The Kier molecular flexibility index (Phi) is 6.56. The van der Waals surface area contributed by atoms with Crippen LogP contribution >= 0.6 is 11.8 Å². The van der Waals surface area contributed by atoms with Crippen LogP contribution in [0, 0.1) is 12.3 Å². The first kappa shape index (κ1) is 21.0. The number of aryl methyl sites for hydroxylation is 1. The van der Waals surface area contributed by atoms with Crippen LogP contribution in [-0.4, -0.2) is 29.4 Å². The molecule has 0 bridgehead atoms. The molecule has 0 saturated carbocycles. The van der Waals surface area contributed by atoms with E-state index in [0.717, 1.165) is 48.9 Å². The predicted octanol–water partition coefficient (Wildman–Crippen LogP) is 4.60. The Bertz CT molecular complexity index is 807. The van der Waals surface area contributed by atoms with Gasteiger partial charge in [-0.1, -0.05) is 55.2 Å². The monoisotopic (exact) mass is 390 g/mol. The summed E-state index contributed by atoms with van der Waals surface area (Å²) in [7, 11) is 1.87. The van der Waals surface area contributed by atoms with Crippen molar-refractivity contribution in [3.05, 3.63) is 45.5 Å². The number of benzene rings is 1. The largest absolute Gasteiger partial charge is 0.370 e. The molecule has 140 valence electrons. The molecule has 2 rings (SSSR count). The number of hydrogen-bond donors (Lipinski definition) is 1. The van der Waals surface area contributed by atoms with Gasteiger partial charge >= 0.3 is 0 Å². The van der Waals surface area contributed by atoms with Crippen LogP contribution in [0.3, 0.4) is 0 Å². The normalized spacial score (nSPS) is 17.8. The molecular weight excluding hydrogens is 363 g/mol. The van der Waals surface area contributed by atoms with E-state index in [4.69, 9.17) is 7.85 Å². The quantitative estimate of drug-likeness (QED) is 0.722. The molecule has 0 aromatic heterocycles. The molecule has 0 atom stereocenters. The van der Waals surface area contributed by atoms with Gasteiger partial charge < -0.3 is 4.90 Å². The standard InChI is InChI=1S/C19H27BN2O2S2/c1-6-17(25-15(3)20)26(23,24)21-16-9-7-8-14(2)18(16)22-12-10-19(4,5)11-13-22/h6-9,21H,3,10-13H2,1-2,4-5H3/b17-6+. The Balaban J connectivity index is 2.34. The lowest BCUT2D eigenvalue weighted by atomic mass is 9.82. The maximum Gasteiger partial charge on any atom is 0.267 e.